The number of likely N-dealkylation sites (tertiary alicyclic amines) is 1. The molecule has 3 aliphatic carbocycles. The van der Waals surface area contributed by atoms with Gasteiger partial charge in [-0.2, -0.15) is 13.2 Å². The lowest BCUT2D eigenvalue weighted by molar-refractivity contribution is -0.182. The van der Waals surface area contributed by atoms with Crippen molar-refractivity contribution in [3.05, 3.63) is 0 Å². The monoisotopic (exact) mass is 1450 g/mol. The van der Waals surface area contributed by atoms with Gasteiger partial charge in [0.1, 0.15) is 59.9 Å². The second kappa shape index (κ2) is 35.8. The van der Waals surface area contributed by atoms with Crippen molar-refractivity contribution in [2.75, 3.05) is 75.0 Å². The third-order valence-electron chi connectivity index (χ3n) is 23.2. The Balaban J connectivity index is 1.28. The van der Waals surface area contributed by atoms with Gasteiger partial charge in [0.25, 0.3) is 0 Å². The lowest BCUT2D eigenvalue weighted by Gasteiger charge is -2.45. The van der Waals surface area contributed by atoms with E-state index in [2.05, 4.69) is 16.0 Å². The van der Waals surface area contributed by atoms with Crippen LogP contribution in [0.5, 0.6) is 0 Å². The standard InChI is InChI=1S/C71H112ClF5N12O12/c1-12-43(4)58-67(99)82(7)44(5)62(94)89-37-31-52(89)65(97)84(9)53(39-45-22-15-13-16-23-45)64(96)81(6)41-56(90)78-49(28-26-46-25-27-47(48(72)38-46)71(75,76)77)63(95)88-36-21-24-51(88)61(93)80-70(32-17-18-33-70)69(101)86(11)59(42(2)3)68(100)85(10)54(66(98)87-34-19-14-20-35-87)40-57(91)83(8)50(60(92)79-58)29-30-55(73)74/h42-55,58-59H,12-41H2,1-11H3,(H,78,90)(H,79,92)(H,80,93)/t43-,44-,46?,47?,48?,49-,50-,51-,52-,53-,54-,58-,59-/m0/s1. The lowest BCUT2D eigenvalue weighted by atomic mass is 9.78. The fourth-order valence-electron chi connectivity index (χ4n) is 16.4. The zero-order chi connectivity index (χ0) is 74.7. The first kappa shape index (κ1) is 81.9. The van der Waals surface area contributed by atoms with E-state index >= 15 is 19.2 Å². The van der Waals surface area contributed by atoms with Crippen LogP contribution in [-0.4, -0.2) is 268 Å². The predicted octanol–water partition coefficient (Wildman–Crippen LogP) is 6.09. The van der Waals surface area contributed by atoms with E-state index in [1.54, 1.807) is 27.7 Å². The van der Waals surface area contributed by atoms with E-state index in [1.165, 1.54) is 73.7 Å². The van der Waals surface area contributed by atoms with Crippen LogP contribution in [-0.2, 0) is 57.5 Å². The summed E-state index contributed by atoms with van der Waals surface area (Å²) in [6.45, 7) is 8.34. The van der Waals surface area contributed by atoms with Crippen molar-refractivity contribution in [1.82, 2.24) is 60.0 Å². The topological polar surface area (TPSA) is 270 Å². The Morgan fingerprint density at radius 1 is 0.604 bits per heavy atom. The molecule has 0 aromatic carbocycles. The van der Waals surface area contributed by atoms with Crippen molar-refractivity contribution in [1.29, 1.82) is 0 Å². The van der Waals surface area contributed by atoms with Crippen molar-refractivity contribution in [3.63, 3.8) is 0 Å². The van der Waals surface area contributed by atoms with Gasteiger partial charge in [0, 0.05) is 80.3 Å². The summed E-state index contributed by atoms with van der Waals surface area (Å²) in [6, 6.07) is -12.0. The highest BCUT2D eigenvalue weighted by Crippen LogP contribution is 2.44. The summed E-state index contributed by atoms with van der Waals surface area (Å²) >= 11 is 6.39. The van der Waals surface area contributed by atoms with E-state index in [1.807, 2.05) is 0 Å². The molecular formula is C71H112ClF5N12O12. The number of amides is 12. The van der Waals surface area contributed by atoms with Gasteiger partial charge in [-0.15, -0.1) is 11.6 Å². The molecule has 0 bridgehead atoms. The fraction of sp³-hybridized carbons (Fsp3) is 0.831. The fourth-order valence-corrected chi connectivity index (χ4v) is 16.9. The average molecular weight is 1460 g/mol. The number of carbonyl (C=O) groups is 12. The zero-order valence-corrected chi connectivity index (χ0v) is 61.9. The summed E-state index contributed by atoms with van der Waals surface area (Å²) in [5.74, 6) is -12.0. The van der Waals surface area contributed by atoms with E-state index in [9.17, 15) is 60.3 Å². The van der Waals surface area contributed by atoms with Crippen LogP contribution < -0.4 is 16.0 Å². The first-order chi connectivity index (χ1) is 47.5. The average Bonchev–Trinajstić information content (AvgIpc) is 1.76. The Morgan fingerprint density at radius 2 is 1.24 bits per heavy atom. The van der Waals surface area contributed by atoms with Crippen LogP contribution in [0.1, 0.15) is 195 Å². The number of hydrogen-bond acceptors (Lipinski definition) is 12. The van der Waals surface area contributed by atoms with Crippen molar-refractivity contribution in [3.8, 4) is 0 Å². The number of rotatable bonds is 12. The minimum atomic E-state index is -4.52. The summed E-state index contributed by atoms with van der Waals surface area (Å²) in [4.78, 5) is 190. The summed E-state index contributed by atoms with van der Waals surface area (Å²) < 4.78 is 70.6. The number of hydrogen-bond donors (Lipinski definition) is 3. The highest BCUT2D eigenvalue weighted by Gasteiger charge is 2.52. The second-order valence-electron chi connectivity index (χ2n) is 30.4. The quantitative estimate of drug-likeness (QED) is 0.148. The predicted molar refractivity (Wildman–Crippen MR) is 366 cm³/mol. The van der Waals surface area contributed by atoms with Crippen LogP contribution in [0.4, 0.5) is 22.0 Å². The van der Waals surface area contributed by atoms with Crippen LogP contribution in [0.3, 0.4) is 0 Å². The van der Waals surface area contributed by atoms with Gasteiger partial charge in [0.15, 0.2) is 0 Å². The van der Waals surface area contributed by atoms with Gasteiger partial charge < -0.3 is 60.0 Å². The number of carbonyl (C=O) groups excluding carboxylic acids is 12. The summed E-state index contributed by atoms with van der Waals surface area (Å²) in [5, 5.41) is 7.30. The van der Waals surface area contributed by atoms with Crippen molar-refractivity contribution in [2.24, 2.45) is 29.6 Å². The van der Waals surface area contributed by atoms with Crippen molar-refractivity contribution >= 4 is 82.5 Å². The molecule has 4 saturated heterocycles. The minimum Gasteiger partial charge on any atom is -0.343 e. The number of piperidine rings is 1. The molecule has 3 N–H and O–H groups in total. The third-order valence-corrected chi connectivity index (χ3v) is 23.7. The molecule has 13 atom stereocenters. The van der Waals surface area contributed by atoms with Crippen LogP contribution in [0, 0.1) is 29.6 Å². The zero-order valence-electron chi connectivity index (χ0n) is 61.1. The van der Waals surface area contributed by atoms with Gasteiger partial charge in [-0.3, -0.25) is 57.5 Å². The maximum atomic E-state index is 15.4. The largest absolute Gasteiger partial charge is 0.393 e. The smallest absolute Gasteiger partial charge is 0.343 e. The lowest BCUT2D eigenvalue weighted by Crippen LogP contribution is -2.65. The second-order valence-corrected chi connectivity index (χ2v) is 31.0. The first-order valence-corrected chi connectivity index (χ1v) is 37.4. The Labute approximate surface area is 597 Å². The van der Waals surface area contributed by atoms with Gasteiger partial charge >= 0.3 is 6.18 Å². The number of nitrogens with zero attached hydrogens (tertiary/aromatic N) is 9. The first-order valence-electron chi connectivity index (χ1n) is 36.9. The third kappa shape index (κ3) is 19.7. The van der Waals surface area contributed by atoms with Gasteiger partial charge in [-0.1, -0.05) is 79.1 Å². The summed E-state index contributed by atoms with van der Waals surface area (Å²) in [6.07, 6.45) is -1.03. The Morgan fingerprint density at radius 3 is 1.82 bits per heavy atom. The highest BCUT2D eigenvalue weighted by atomic mass is 35.5. The number of likely N-dealkylation sites (N-methyl/N-ethyl adjacent to an activating group) is 6. The molecule has 4 aliphatic heterocycles. The van der Waals surface area contributed by atoms with E-state index in [0.29, 0.717) is 38.5 Å². The van der Waals surface area contributed by atoms with Gasteiger partial charge in [0.05, 0.1) is 18.9 Å². The van der Waals surface area contributed by atoms with Crippen LogP contribution in [0.25, 0.3) is 0 Å². The number of alkyl halides is 6. The highest BCUT2D eigenvalue weighted by molar-refractivity contribution is 6.21. The Bertz CT molecular complexity index is 2970. The normalized spacial score (nSPS) is 30.8. The van der Waals surface area contributed by atoms with Crippen molar-refractivity contribution in [2.45, 2.75) is 273 Å². The molecule has 12 amide bonds. The van der Waals surface area contributed by atoms with E-state index in [0.717, 1.165) is 58.1 Å². The van der Waals surface area contributed by atoms with E-state index < -0.39 is 192 Å². The van der Waals surface area contributed by atoms with E-state index in [4.69, 9.17) is 11.6 Å². The van der Waals surface area contributed by atoms with Crippen molar-refractivity contribution < 1.29 is 79.5 Å². The molecule has 0 radical (unpaired) electrons. The molecule has 7 rings (SSSR count). The molecule has 0 aromatic heterocycles. The van der Waals surface area contributed by atoms with E-state index in [-0.39, 0.29) is 102 Å². The maximum absolute atomic E-state index is 15.4. The molecule has 4 heterocycles. The molecule has 0 aromatic rings. The molecule has 7 aliphatic rings. The Kier molecular flexibility index (Phi) is 29.1. The van der Waals surface area contributed by atoms with Gasteiger partial charge in [0.2, 0.25) is 77.3 Å². The van der Waals surface area contributed by atoms with Crippen LogP contribution in [0.15, 0.2) is 0 Å². The molecular weight excluding hydrogens is 1340 g/mol. The van der Waals surface area contributed by atoms with Crippen LogP contribution in [0.2, 0.25) is 0 Å². The minimum absolute atomic E-state index is 0.00346. The summed E-state index contributed by atoms with van der Waals surface area (Å²) in [5.41, 5.74) is -1.62. The molecule has 101 heavy (non-hydrogen) atoms. The number of fused-ring (bicyclic) bond motifs is 2. The maximum Gasteiger partial charge on any atom is 0.393 e. The molecule has 3 unspecified atom stereocenters. The molecule has 3 saturated carbocycles. The van der Waals surface area contributed by atoms with Gasteiger partial charge in [-0.25, -0.2) is 8.78 Å². The Hall–Kier alpha value is -6.42. The number of halogens is 6. The SMILES string of the molecule is CC[C@H](C)[C@@H]1NC(=O)[C@H](CCC(F)F)N(C)C(=O)C[C@@H](C(=O)N2CCCCC2)N(C)C(=O)[C@H](C(C)C)N(C)C(=O)C2(CCCC2)NC(=O)[C@@H]2CCCN2C(=O)[C@H](CCC2CCC(C(F)(F)F)C(Cl)C2)NC(=O)CN(C)C(=O)[C@H](CC2CCCCC2)N(C)C(=O)[C@@H]2CCN2C(=O)[C@H](C)N(C)C1=O. The van der Waals surface area contributed by atoms with Crippen LogP contribution >= 0.6 is 11.6 Å². The molecule has 30 heteroatoms. The number of nitrogens with one attached hydrogen (secondary N) is 3. The molecule has 1 spiro atoms. The van der Waals surface area contributed by atoms with Gasteiger partial charge in [-0.05, 0) is 127 Å². The molecule has 24 nitrogen and oxygen atoms in total. The summed E-state index contributed by atoms with van der Waals surface area (Å²) in [7, 11) is 8.13. The molecule has 7 fully saturated rings. The molecule has 570 valence electrons.